The van der Waals surface area contributed by atoms with Gasteiger partial charge in [0.25, 0.3) is 0 Å². The van der Waals surface area contributed by atoms with Crippen molar-refractivity contribution < 1.29 is 9.53 Å². The van der Waals surface area contributed by atoms with E-state index in [1.54, 1.807) is 11.8 Å². The summed E-state index contributed by atoms with van der Waals surface area (Å²) in [6.45, 7) is 9.04. The van der Waals surface area contributed by atoms with Crippen molar-refractivity contribution in [2.24, 2.45) is 0 Å². The first kappa shape index (κ1) is 25.1. The molecule has 0 spiro atoms. The molecule has 35 heavy (non-hydrogen) atoms. The van der Waals surface area contributed by atoms with Gasteiger partial charge < -0.3 is 4.74 Å². The number of rotatable bonds is 7. The predicted octanol–water partition coefficient (Wildman–Crippen LogP) is 8.40. The SMILES string of the molecule is CCOC(=O)c1ccc(/C=C(\C)c2ccc3c(c2)C(c2ccccc2)=CCC3(C)C)c(CSC)c1. The predicted molar refractivity (Wildman–Crippen MR) is 151 cm³/mol. The highest BCUT2D eigenvalue weighted by atomic mass is 32.2. The second-order valence-electron chi connectivity index (χ2n) is 9.73. The highest BCUT2D eigenvalue weighted by molar-refractivity contribution is 7.97. The number of benzene rings is 3. The van der Waals surface area contributed by atoms with Crippen LogP contribution >= 0.6 is 11.8 Å². The van der Waals surface area contributed by atoms with E-state index in [1.165, 1.54) is 33.4 Å². The minimum Gasteiger partial charge on any atom is -0.462 e. The molecule has 0 aliphatic heterocycles. The van der Waals surface area contributed by atoms with Gasteiger partial charge in [-0.15, -0.1) is 0 Å². The van der Waals surface area contributed by atoms with Crippen molar-refractivity contribution in [3.8, 4) is 0 Å². The minimum atomic E-state index is -0.264. The highest BCUT2D eigenvalue weighted by Gasteiger charge is 2.28. The van der Waals surface area contributed by atoms with E-state index >= 15 is 0 Å². The third-order valence-electron chi connectivity index (χ3n) is 6.72. The van der Waals surface area contributed by atoms with Crippen LogP contribution in [0.3, 0.4) is 0 Å². The molecule has 3 aromatic carbocycles. The Morgan fingerprint density at radius 1 is 1.03 bits per heavy atom. The topological polar surface area (TPSA) is 26.3 Å². The molecule has 0 N–H and O–H groups in total. The third-order valence-corrected chi connectivity index (χ3v) is 7.32. The molecule has 0 radical (unpaired) electrons. The lowest BCUT2D eigenvalue weighted by Gasteiger charge is -2.32. The van der Waals surface area contributed by atoms with Crippen LogP contribution in [-0.4, -0.2) is 18.8 Å². The molecular formula is C32H34O2S. The van der Waals surface area contributed by atoms with Gasteiger partial charge in [-0.2, -0.15) is 11.8 Å². The first-order chi connectivity index (χ1) is 16.8. The number of allylic oxidation sites excluding steroid dienone is 2. The van der Waals surface area contributed by atoms with Crippen LogP contribution in [0.5, 0.6) is 0 Å². The first-order valence-electron chi connectivity index (χ1n) is 12.2. The Hall–Kier alpha value is -3.04. The van der Waals surface area contributed by atoms with Crippen LogP contribution in [0.25, 0.3) is 17.2 Å². The molecule has 2 nitrogen and oxygen atoms in total. The lowest BCUT2D eigenvalue weighted by molar-refractivity contribution is 0.0526. The maximum absolute atomic E-state index is 12.2. The van der Waals surface area contributed by atoms with Gasteiger partial charge in [-0.05, 0) is 94.7 Å². The Morgan fingerprint density at radius 3 is 2.49 bits per heavy atom. The Balaban J connectivity index is 1.74. The number of fused-ring (bicyclic) bond motifs is 1. The van der Waals surface area contributed by atoms with Crippen LogP contribution in [-0.2, 0) is 15.9 Å². The number of esters is 1. The van der Waals surface area contributed by atoms with Gasteiger partial charge in [-0.1, -0.05) is 74.5 Å². The van der Waals surface area contributed by atoms with E-state index in [0.29, 0.717) is 12.2 Å². The molecule has 0 atom stereocenters. The van der Waals surface area contributed by atoms with E-state index < -0.39 is 0 Å². The van der Waals surface area contributed by atoms with Crippen LogP contribution in [0.1, 0.15) is 77.9 Å². The maximum atomic E-state index is 12.2. The summed E-state index contributed by atoms with van der Waals surface area (Å²) in [7, 11) is 0. The van der Waals surface area contributed by atoms with Crippen LogP contribution in [0.2, 0.25) is 0 Å². The van der Waals surface area contributed by atoms with Crippen LogP contribution in [0, 0.1) is 0 Å². The number of thioether (sulfide) groups is 1. The fourth-order valence-electron chi connectivity index (χ4n) is 4.76. The Kier molecular flexibility index (Phi) is 7.66. The third kappa shape index (κ3) is 5.46. The van der Waals surface area contributed by atoms with Gasteiger partial charge in [-0.25, -0.2) is 4.79 Å². The second kappa shape index (κ2) is 10.7. The van der Waals surface area contributed by atoms with Crippen molar-refractivity contribution in [1.82, 2.24) is 0 Å². The molecule has 1 aliphatic rings. The van der Waals surface area contributed by atoms with Crippen LogP contribution < -0.4 is 0 Å². The lowest BCUT2D eigenvalue weighted by Crippen LogP contribution is -2.22. The zero-order chi connectivity index (χ0) is 25.0. The van der Waals surface area contributed by atoms with Crippen molar-refractivity contribution in [2.75, 3.05) is 12.9 Å². The maximum Gasteiger partial charge on any atom is 0.338 e. The molecule has 0 heterocycles. The van der Waals surface area contributed by atoms with Crippen molar-refractivity contribution in [3.05, 3.63) is 112 Å². The highest BCUT2D eigenvalue weighted by Crippen LogP contribution is 2.42. The zero-order valence-electron chi connectivity index (χ0n) is 21.4. The minimum absolute atomic E-state index is 0.109. The quantitative estimate of drug-likeness (QED) is 0.250. The van der Waals surface area contributed by atoms with Gasteiger partial charge in [0.1, 0.15) is 0 Å². The molecule has 0 amide bonds. The monoisotopic (exact) mass is 482 g/mol. The second-order valence-corrected chi connectivity index (χ2v) is 10.6. The number of hydrogen-bond donors (Lipinski definition) is 0. The molecular weight excluding hydrogens is 448 g/mol. The summed E-state index contributed by atoms with van der Waals surface area (Å²) >= 11 is 1.75. The van der Waals surface area contributed by atoms with Crippen LogP contribution in [0.4, 0.5) is 0 Å². The molecule has 1 aliphatic carbocycles. The average molecular weight is 483 g/mol. The molecule has 3 aromatic rings. The van der Waals surface area contributed by atoms with Crippen LogP contribution in [0.15, 0.2) is 72.8 Å². The molecule has 0 unspecified atom stereocenters. The summed E-state index contributed by atoms with van der Waals surface area (Å²) in [5.74, 6) is 0.575. The molecule has 3 heteroatoms. The van der Waals surface area contributed by atoms with Gasteiger partial charge in [0.15, 0.2) is 0 Å². The number of carbonyl (C=O) groups excluding carboxylic acids is 1. The van der Waals surface area contributed by atoms with Crippen molar-refractivity contribution >= 4 is 35.0 Å². The smallest absolute Gasteiger partial charge is 0.338 e. The molecule has 4 rings (SSSR count). The molecule has 0 saturated carbocycles. The van der Waals surface area contributed by atoms with Crippen molar-refractivity contribution in [3.63, 3.8) is 0 Å². The van der Waals surface area contributed by atoms with E-state index in [0.717, 1.165) is 23.3 Å². The number of carbonyl (C=O) groups is 1. The summed E-state index contributed by atoms with van der Waals surface area (Å²) in [4.78, 5) is 12.2. The van der Waals surface area contributed by atoms with Gasteiger partial charge in [0.2, 0.25) is 0 Å². The summed E-state index contributed by atoms with van der Waals surface area (Å²) < 4.78 is 5.20. The number of ether oxygens (including phenoxy) is 1. The Morgan fingerprint density at radius 2 is 1.77 bits per heavy atom. The molecule has 0 bridgehead atoms. The van der Waals surface area contributed by atoms with Gasteiger partial charge >= 0.3 is 5.97 Å². The molecule has 0 aromatic heterocycles. The van der Waals surface area contributed by atoms with Crippen molar-refractivity contribution in [1.29, 1.82) is 0 Å². The normalized spacial score (nSPS) is 14.8. The van der Waals surface area contributed by atoms with E-state index in [4.69, 9.17) is 4.74 Å². The van der Waals surface area contributed by atoms with Gasteiger partial charge in [-0.3, -0.25) is 0 Å². The Bertz CT molecular complexity index is 1280. The average Bonchev–Trinajstić information content (AvgIpc) is 2.85. The van der Waals surface area contributed by atoms with E-state index in [1.807, 2.05) is 25.1 Å². The summed E-state index contributed by atoms with van der Waals surface area (Å²) in [5, 5.41) is 0. The number of hydrogen-bond acceptors (Lipinski definition) is 3. The fraction of sp³-hybridized carbons (Fsp3) is 0.281. The summed E-state index contributed by atoms with van der Waals surface area (Å²) in [6.07, 6.45) is 7.75. The van der Waals surface area contributed by atoms with E-state index in [-0.39, 0.29) is 11.4 Å². The first-order valence-corrected chi connectivity index (χ1v) is 13.6. The fourth-order valence-corrected chi connectivity index (χ4v) is 5.32. The molecule has 0 fully saturated rings. The zero-order valence-corrected chi connectivity index (χ0v) is 22.2. The van der Waals surface area contributed by atoms with Gasteiger partial charge in [0, 0.05) is 5.75 Å². The van der Waals surface area contributed by atoms with Gasteiger partial charge in [0.05, 0.1) is 12.2 Å². The summed E-state index contributed by atoms with van der Waals surface area (Å²) in [5.41, 5.74) is 10.7. The lowest BCUT2D eigenvalue weighted by atomic mass is 9.71. The molecule has 0 saturated heterocycles. The van der Waals surface area contributed by atoms with Crippen molar-refractivity contribution in [2.45, 2.75) is 45.3 Å². The standard InChI is InChI=1S/C32H34O2S/c1-6-34-31(33)26-13-12-25(27(19-26)21-35-5)18-22(2)24-14-15-30-29(20-24)28(16-17-32(30,3)4)23-10-8-7-9-11-23/h7-16,18-20H,6,17,21H2,1-5H3/b22-18+. The molecule has 180 valence electrons. The largest absolute Gasteiger partial charge is 0.462 e. The summed E-state index contributed by atoms with van der Waals surface area (Å²) in [6, 6.07) is 23.5. The van der Waals surface area contributed by atoms with E-state index in [2.05, 4.69) is 87.7 Å². The Labute approximate surface area is 214 Å². The van der Waals surface area contributed by atoms with E-state index in [9.17, 15) is 4.79 Å².